The highest BCUT2D eigenvalue weighted by Crippen LogP contribution is 2.35. The SMILES string of the molecule is CCS(=O)(=O)CCNC(=O)NC1(C(=O)O)CC1. The molecule has 98 valence electrons. The van der Waals surface area contributed by atoms with E-state index in [1.54, 1.807) is 0 Å². The number of nitrogens with one attached hydrogen (secondary N) is 2. The van der Waals surface area contributed by atoms with Gasteiger partial charge in [0.05, 0.1) is 5.75 Å². The molecule has 17 heavy (non-hydrogen) atoms. The summed E-state index contributed by atoms with van der Waals surface area (Å²) in [5.41, 5.74) is -1.15. The fourth-order valence-corrected chi connectivity index (χ4v) is 1.94. The van der Waals surface area contributed by atoms with E-state index < -0.39 is 27.4 Å². The van der Waals surface area contributed by atoms with E-state index >= 15 is 0 Å². The maximum Gasteiger partial charge on any atom is 0.329 e. The van der Waals surface area contributed by atoms with E-state index in [9.17, 15) is 18.0 Å². The van der Waals surface area contributed by atoms with Crippen LogP contribution in [0.3, 0.4) is 0 Å². The molecule has 0 aromatic rings. The van der Waals surface area contributed by atoms with Gasteiger partial charge in [-0.25, -0.2) is 18.0 Å². The molecule has 0 spiro atoms. The van der Waals surface area contributed by atoms with E-state index in [1.807, 2.05) is 0 Å². The summed E-state index contributed by atoms with van der Waals surface area (Å²) >= 11 is 0. The first-order valence-electron chi connectivity index (χ1n) is 5.31. The Hall–Kier alpha value is -1.31. The van der Waals surface area contributed by atoms with Crippen LogP contribution in [0.25, 0.3) is 0 Å². The van der Waals surface area contributed by atoms with Crippen LogP contribution in [-0.2, 0) is 14.6 Å². The fourth-order valence-electron chi connectivity index (χ4n) is 1.24. The Morgan fingerprint density at radius 2 is 1.94 bits per heavy atom. The highest BCUT2D eigenvalue weighted by molar-refractivity contribution is 7.91. The average molecular weight is 264 g/mol. The summed E-state index contributed by atoms with van der Waals surface area (Å²) < 4.78 is 22.2. The lowest BCUT2D eigenvalue weighted by molar-refractivity contribution is -0.140. The molecule has 0 aliphatic heterocycles. The Labute approximate surface area is 99.5 Å². The summed E-state index contributed by atoms with van der Waals surface area (Å²) in [5, 5.41) is 13.5. The standard InChI is InChI=1S/C9H16N2O5S/c1-2-17(15,16)6-5-10-8(14)11-9(3-4-9)7(12)13/h2-6H2,1H3,(H,12,13)(H2,10,11,14). The summed E-state index contributed by atoms with van der Waals surface area (Å²) in [6, 6.07) is -0.642. The van der Waals surface area contributed by atoms with Crippen molar-refractivity contribution in [1.82, 2.24) is 10.6 Å². The highest BCUT2D eigenvalue weighted by atomic mass is 32.2. The number of hydrogen-bond donors (Lipinski definition) is 3. The molecule has 0 unspecified atom stereocenters. The third-order valence-corrected chi connectivity index (χ3v) is 4.36. The second-order valence-electron chi connectivity index (χ2n) is 4.00. The largest absolute Gasteiger partial charge is 0.480 e. The van der Waals surface area contributed by atoms with Crippen molar-refractivity contribution in [3.8, 4) is 0 Å². The van der Waals surface area contributed by atoms with Crippen molar-refractivity contribution >= 4 is 21.8 Å². The van der Waals surface area contributed by atoms with Crippen LogP contribution in [0, 0.1) is 0 Å². The third kappa shape index (κ3) is 3.88. The van der Waals surface area contributed by atoms with Crippen LogP contribution in [0.4, 0.5) is 4.79 Å². The molecule has 2 amide bonds. The van der Waals surface area contributed by atoms with Gasteiger partial charge in [0.15, 0.2) is 9.84 Å². The molecule has 1 saturated carbocycles. The number of carbonyl (C=O) groups is 2. The molecule has 0 aromatic heterocycles. The Morgan fingerprint density at radius 1 is 1.35 bits per heavy atom. The van der Waals surface area contributed by atoms with Gasteiger partial charge in [-0.1, -0.05) is 6.92 Å². The van der Waals surface area contributed by atoms with Gasteiger partial charge >= 0.3 is 12.0 Å². The number of rotatable bonds is 6. The van der Waals surface area contributed by atoms with Crippen LogP contribution in [0.1, 0.15) is 19.8 Å². The molecule has 0 aromatic carbocycles. The molecule has 3 N–H and O–H groups in total. The van der Waals surface area contributed by atoms with Crippen LogP contribution in [0.5, 0.6) is 0 Å². The normalized spacial score (nSPS) is 17.2. The number of aliphatic carboxylic acids is 1. The molecule has 8 heteroatoms. The predicted octanol–water partition coefficient (Wildman–Crippen LogP) is -0.662. The van der Waals surface area contributed by atoms with E-state index in [2.05, 4.69) is 10.6 Å². The van der Waals surface area contributed by atoms with Gasteiger partial charge in [0.1, 0.15) is 5.54 Å². The van der Waals surface area contributed by atoms with Crippen molar-refractivity contribution in [3.63, 3.8) is 0 Å². The average Bonchev–Trinajstić information content (AvgIpc) is 2.98. The molecule has 0 heterocycles. The van der Waals surface area contributed by atoms with Gasteiger partial charge in [-0.3, -0.25) is 0 Å². The predicted molar refractivity (Wildman–Crippen MR) is 60.5 cm³/mol. The van der Waals surface area contributed by atoms with E-state index in [4.69, 9.17) is 5.11 Å². The van der Waals surface area contributed by atoms with Crippen molar-refractivity contribution in [2.24, 2.45) is 0 Å². The van der Waals surface area contributed by atoms with Gasteiger partial charge in [0.2, 0.25) is 0 Å². The van der Waals surface area contributed by atoms with Gasteiger partial charge in [-0.2, -0.15) is 0 Å². The number of sulfone groups is 1. The van der Waals surface area contributed by atoms with Crippen molar-refractivity contribution in [2.75, 3.05) is 18.1 Å². The lowest BCUT2D eigenvalue weighted by atomic mass is 10.3. The first-order valence-corrected chi connectivity index (χ1v) is 7.13. The first-order chi connectivity index (χ1) is 7.81. The molecule has 0 saturated heterocycles. The molecule has 1 aliphatic carbocycles. The van der Waals surface area contributed by atoms with Gasteiger partial charge in [0.25, 0.3) is 0 Å². The molecule has 1 aliphatic rings. The summed E-state index contributed by atoms with van der Waals surface area (Å²) in [6.45, 7) is 1.51. The molecule has 7 nitrogen and oxygen atoms in total. The maximum absolute atomic E-state index is 11.3. The summed E-state index contributed by atoms with van der Waals surface area (Å²) in [4.78, 5) is 22.1. The van der Waals surface area contributed by atoms with Gasteiger partial charge < -0.3 is 15.7 Å². The minimum Gasteiger partial charge on any atom is -0.480 e. The number of carbonyl (C=O) groups excluding carboxylic acids is 1. The van der Waals surface area contributed by atoms with Gasteiger partial charge in [0, 0.05) is 12.3 Å². The van der Waals surface area contributed by atoms with Crippen molar-refractivity contribution in [1.29, 1.82) is 0 Å². The second-order valence-corrected chi connectivity index (χ2v) is 6.48. The first kappa shape index (κ1) is 13.8. The number of urea groups is 1. The smallest absolute Gasteiger partial charge is 0.329 e. The molecular formula is C9H16N2O5S. The lowest BCUT2D eigenvalue weighted by Crippen LogP contribution is -2.48. The lowest BCUT2D eigenvalue weighted by Gasteiger charge is -2.13. The number of hydrogen-bond acceptors (Lipinski definition) is 4. The van der Waals surface area contributed by atoms with Crippen LogP contribution < -0.4 is 10.6 Å². The summed E-state index contributed by atoms with van der Waals surface area (Å²) in [5.74, 6) is -1.18. The Morgan fingerprint density at radius 3 is 2.35 bits per heavy atom. The van der Waals surface area contributed by atoms with Crippen LogP contribution in [0.2, 0.25) is 0 Å². The minimum atomic E-state index is -3.12. The number of amides is 2. The van der Waals surface area contributed by atoms with Crippen molar-refractivity contribution in [3.05, 3.63) is 0 Å². The Bertz CT molecular complexity index is 413. The Balaban J connectivity index is 2.30. The highest BCUT2D eigenvalue weighted by Gasteiger charge is 2.51. The van der Waals surface area contributed by atoms with E-state index in [0.29, 0.717) is 12.8 Å². The van der Waals surface area contributed by atoms with Gasteiger partial charge in [-0.15, -0.1) is 0 Å². The summed E-state index contributed by atoms with van der Waals surface area (Å²) in [7, 11) is -3.12. The zero-order chi connectivity index (χ0) is 13.1. The van der Waals surface area contributed by atoms with Crippen LogP contribution >= 0.6 is 0 Å². The monoisotopic (exact) mass is 264 g/mol. The topological polar surface area (TPSA) is 113 Å². The Kier molecular flexibility index (Phi) is 3.97. The molecule has 1 rings (SSSR count). The van der Waals surface area contributed by atoms with E-state index in [0.717, 1.165) is 0 Å². The molecular weight excluding hydrogens is 248 g/mol. The fraction of sp³-hybridized carbons (Fsp3) is 0.778. The minimum absolute atomic E-state index is 0.0162. The molecule has 0 bridgehead atoms. The quantitative estimate of drug-likeness (QED) is 0.589. The maximum atomic E-state index is 11.3. The third-order valence-electron chi connectivity index (χ3n) is 2.65. The zero-order valence-corrected chi connectivity index (χ0v) is 10.3. The van der Waals surface area contributed by atoms with E-state index in [-0.39, 0.29) is 18.1 Å². The number of carboxylic acid groups (broad SMARTS) is 1. The summed E-state index contributed by atoms with van der Waals surface area (Å²) in [6.07, 6.45) is 0.812. The van der Waals surface area contributed by atoms with Crippen LogP contribution in [0.15, 0.2) is 0 Å². The van der Waals surface area contributed by atoms with Crippen LogP contribution in [-0.4, -0.2) is 49.1 Å². The molecule has 0 atom stereocenters. The zero-order valence-electron chi connectivity index (χ0n) is 9.52. The second kappa shape index (κ2) is 4.91. The van der Waals surface area contributed by atoms with Crippen molar-refractivity contribution in [2.45, 2.75) is 25.3 Å². The molecule has 0 radical (unpaired) electrons. The number of carboxylic acids is 1. The molecule has 1 fully saturated rings. The van der Waals surface area contributed by atoms with Gasteiger partial charge in [-0.05, 0) is 12.8 Å². The van der Waals surface area contributed by atoms with E-state index in [1.165, 1.54) is 6.92 Å². The van der Waals surface area contributed by atoms with Crippen molar-refractivity contribution < 1.29 is 23.1 Å².